The van der Waals surface area contributed by atoms with Gasteiger partial charge < -0.3 is 14.5 Å². The van der Waals surface area contributed by atoms with Crippen molar-refractivity contribution in [3.63, 3.8) is 0 Å². The molecule has 0 saturated heterocycles. The molecule has 0 spiro atoms. The standard InChI is InChI=1S/C27H33NO3/c1-6-19(4)21-10-12-22(13-11-21)24(7-2)28-27(29)25-15-14-23(31-25)17-30-26-16-18(3)8-9-20(26)5/h8-16,19,24H,6-7,17H2,1-5H3,(H,28,29). The van der Waals surface area contributed by atoms with Crippen molar-refractivity contribution in [1.29, 1.82) is 0 Å². The van der Waals surface area contributed by atoms with Crippen molar-refractivity contribution in [2.75, 3.05) is 0 Å². The number of amides is 1. The molecular weight excluding hydrogens is 386 g/mol. The fourth-order valence-electron chi connectivity index (χ4n) is 3.53. The molecule has 0 aliphatic carbocycles. The van der Waals surface area contributed by atoms with Gasteiger partial charge in [0.15, 0.2) is 5.76 Å². The van der Waals surface area contributed by atoms with Crippen LogP contribution in [0, 0.1) is 13.8 Å². The zero-order valence-electron chi connectivity index (χ0n) is 19.2. The number of rotatable bonds is 9. The number of carbonyl (C=O) groups excluding carboxylic acids is 1. The number of nitrogens with one attached hydrogen (secondary N) is 1. The summed E-state index contributed by atoms with van der Waals surface area (Å²) >= 11 is 0. The third-order valence-corrected chi connectivity index (χ3v) is 5.83. The molecule has 4 heteroatoms. The number of hydrogen-bond donors (Lipinski definition) is 1. The Labute approximate surface area is 185 Å². The van der Waals surface area contributed by atoms with Crippen LogP contribution in [0.1, 0.15) is 84.1 Å². The van der Waals surface area contributed by atoms with E-state index in [2.05, 4.69) is 56.4 Å². The van der Waals surface area contributed by atoms with Gasteiger partial charge in [-0.15, -0.1) is 0 Å². The first kappa shape index (κ1) is 22.7. The molecule has 1 amide bonds. The van der Waals surface area contributed by atoms with Crippen molar-refractivity contribution in [3.05, 3.63) is 88.4 Å². The summed E-state index contributed by atoms with van der Waals surface area (Å²) in [4.78, 5) is 12.7. The predicted octanol–water partition coefficient (Wildman–Crippen LogP) is 6.87. The molecule has 4 nitrogen and oxygen atoms in total. The van der Waals surface area contributed by atoms with Gasteiger partial charge in [0.2, 0.25) is 0 Å². The summed E-state index contributed by atoms with van der Waals surface area (Å²) < 4.78 is 11.6. The fourth-order valence-corrected chi connectivity index (χ4v) is 3.53. The normalized spacial score (nSPS) is 12.9. The van der Waals surface area contributed by atoms with Crippen LogP contribution < -0.4 is 10.1 Å². The second-order valence-electron chi connectivity index (χ2n) is 8.23. The minimum absolute atomic E-state index is 0.0572. The summed E-state index contributed by atoms with van der Waals surface area (Å²) in [5.41, 5.74) is 4.64. The Bertz CT molecular complexity index is 1000. The second-order valence-corrected chi connectivity index (χ2v) is 8.23. The lowest BCUT2D eigenvalue weighted by atomic mass is 9.95. The van der Waals surface area contributed by atoms with Crippen molar-refractivity contribution in [2.45, 2.75) is 66.0 Å². The molecule has 0 saturated carbocycles. The summed E-state index contributed by atoms with van der Waals surface area (Å²) in [7, 11) is 0. The van der Waals surface area contributed by atoms with E-state index in [9.17, 15) is 4.79 Å². The molecule has 31 heavy (non-hydrogen) atoms. The van der Waals surface area contributed by atoms with Crippen molar-refractivity contribution < 1.29 is 13.9 Å². The van der Waals surface area contributed by atoms with Crippen LogP contribution in [0.5, 0.6) is 5.75 Å². The maximum atomic E-state index is 12.7. The van der Waals surface area contributed by atoms with E-state index >= 15 is 0 Å². The van der Waals surface area contributed by atoms with Crippen molar-refractivity contribution in [2.24, 2.45) is 0 Å². The van der Waals surface area contributed by atoms with Gasteiger partial charge in [-0.2, -0.15) is 0 Å². The molecule has 1 heterocycles. The van der Waals surface area contributed by atoms with E-state index in [0.717, 1.165) is 35.3 Å². The zero-order valence-corrected chi connectivity index (χ0v) is 19.2. The van der Waals surface area contributed by atoms with Crippen LogP contribution >= 0.6 is 0 Å². The highest BCUT2D eigenvalue weighted by Gasteiger charge is 2.18. The Morgan fingerprint density at radius 3 is 2.35 bits per heavy atom. The minimum atomic E-state index is -0.212. The first-order valence-electron chi connectivity index (χ1n) is 11.1. The Balaban J connectivity index is 1.62. The Hall–Kier alpha value is -3.01. The van der Waals surface area contributed by atoms with Crippen LogP contribution in [0.2, 0.25) is 0 Å². The molecule has 0 bridgehead atoms. The van der Waals surface area contributed by atoms with Gasteiger partial charge in [-0.1, -0.05) is 57.2 Å². The fraction of sp³-hybridized carbons (Fsp3) is 0.370. The van der Waals surface area contributed by atoms with Crippen molar-refractivity contribution >= 4 is 5.91 Å². The summed E-state index contributed by atoms with van der Waals surface area (Å²) in [6, 6.07) is 18.1. The molecule has 0 fully saturated rings. The molecule has 2 unspecified atom stereocenters. The van der Waals surface area contributed by atoms with Crippen LogP contribution in [0.4, 0.5) is 0 Å². The van der Waals surface area contributed by atoms with Crippen LogP contribution in [-0.4, -0.2) is 5.91 Å². The SMILES string of the molecule is CCC(C)c1ccc(C(CC)NC(=O)c2ccc(COc3cc(C)ccc3C)o2)cc1. The van der Waals surface area contributed by atoms with E-state index in [-0.39, 0.29) is 18.6 Å². The Kier molecular flexibility index (Phi) is 7.56. The average molecular weight is 420 g/mol. The van der Waals surface area contributed by atoms with Gasteiger partial charge in [-0.05, 0) is 73.1 Å². The van der Waals surface area contributed by atoms with E-state index in [1.807, 2.05) is 26.0 Å². The highest BCUT2D eigenvalue weighted by atomic mass is 16.5. The molecule has 2 aromatic carbocycles. The summed E-state index contributed by atoms with van der Waals surface area (Å²) in [5, 5.41) is 3.09. The minimum Gasteiger partial charge on any atom is -0.485 e. The van der Waals surface area contributed by atoms with E-state index in [1.165, 1.54) is 5.56 Å². The summed E-state index contributed by atoms with van der Waals surface area (Å²) in [6.07, 6.45) is 1.92. The molecule has 3 aromatic rings. The lowest BCUT2D eigenvalue weighted by molar-refractivity contribution is 0.0903. The van der Waals surface area contributed by atoms with Crippen molar-refractivity contribution in [3.8, 4) is 5.75 Å². The summed E-state index contributed by atoms with van der Waals surface area (Å²) in [6.45, 7) is 10.8. The van der Waals surface area contributed by atoms with E-state index < -0.39 is 0 Å². The first-order chi connectivity index (χ1) is 14.9. The van der Waals surface area contributed by atoms with Crippen LogP contribution in [0.25, 0.3) is 0 Å². The third-order valence-electron chi connectivity index (χ3n) is 5.83. The lowest BCUT2D eigenvalue weighted by Crippen LogP contribution is -2.27. The van der Waals surface area contributed by atoms with E-state index in [4.69, 9.17) is 9.15 Å². The first-order valence-corrected chi connectivity index (χ1v) is 11.1. The van der Waals surface area contributed by atoms with Gasteiger partial charge in [0.25, 0.3) is 5.91 Å². The largest absolute Gasteiger partial charge is 0.485 e. The molecule has 0 aliphatic rings. The lowest BCUT2D eigenvalue weighted by Gasteiger charge is -2.18. The average Bonchev–Trinajstić information content (AvgIpc) is 3.26. The second kappa shape index (κ2) is 10.3. The van der Waals surface area contributed by atoms with Gasteiger partial charge in [-0.3, -0.25) is 4.79 Å². The number of ether oxygens (including phenoxy) is 1. The van der Waals surface area contributed by atoms with Crippen LogP contribution in [0.3, 0.4) is 0 Å². The number of carbonyl (C=O) groups is 1. The highest BCUT2D eigenvalue weighted by molar-refractivity contribution is 5.91. The molecule has 0 radical (unpaired) electrons. The summed E-state index contributed by atoms with van der Waals surface area (Å²) in [5.74, 6) is 2.08. The molecule has 1 aromatic heterocycles. The van der Waals surface area contributed by atoms with Gasteiger partial charge in [0, 0.05) is 0 Å². The van der Waals surface area contributed by atoms with Gasteiger partial charge >= 0.3 is 0 Å². The van der Waals surface area contributed by atoms with Crippen LogP contribution in [-0.2, 0) is 6.61 Å². The molecule has 1 N–H and O–H groups in total. The molecule has 3 rings (SSSR count). The number of hydrogen-bond acceptors (Lipinski definition) is 3. The monoisotopic (exact) mass is 419 g/mol. The number of aryl methyl sites for hydroxylation is 2. The Morgan fingerprint density at radius 2 is 1.68 bits per heavy atom. The number of furan rings is 1. The molecule has 0 aliphatic heterocycles. The smallest absolute Gasteiger partial charge is 0.287 e. The topological polar surface area (TPSA) is 51.5 Å². The molecular formula is C27H33NO3. The van der Waals surface area contributed by atoms with Crippen molar-refractivity contribution in [1.82, 2.24) is 5.32 Å². The van der Waals surface area contributed by atoms with E-state index in [0.29, 0.717) is 17.4 Å². The number of benzene rings is 2. The third kappa shape index (κ3) is 5.78. The van der Waals surface area contributed by atoms with Gasteiger partial charge in [-0.25, -0.2) is 0 Å². The quantitative estimate of drug-likeness (QED) is 0.412. The molecule has 164 valence electrons. The zero-order chi connectivity index (χ0) is 22.4. The predicted molar refractivity (Wildman–Crippen MR) is 125 cm³/mol. The maximum Gasteiger partial charge on any atom is 0.287 e. The Morgan fingerprint density at radius 1 is 0.968 bits per heavy atom. The molecule has 2 atom stereocenters. The highest BCUT2D eigenvalue weighted by Crippen LogP contribution is 2.24. The van der Waals surface area contributed by atoms with Gasteiger partial charge in [0.05, 0.1) is 6.04 Å². The maximum absolute atomic E-state index is 12.7. The van der Waals surface area contributed by atoms with Gasteiger partial charge in [0.1, 0.15) is 18.1 Å². The van der Waals surface area contributed by atoms with Crippen LogP contribution in [0.15, 0.2) is 59.0 Å². The van der Waals surface area contributed by atoms with E-state index in [1.54, 1.807) is 12.1 Å².